The first-order valence-corrected chi connectivity index (χ1v) is 8.82. The van der Waals surface area contributed by atoms with Crippen molar-refractivity contribution in [1.82, 2.24) is 20.0 Å². The highest BCUT2D eigenvalue weighted by molar-refractivity contribution is 5.93. The van der Waals surface area contributed by atoms with Crippen LogP contribution < -0.4 is 5.32 Å². The van der Waals surface area contributed by atoms with Crippen molar-refractivity contribution in [3.05, 3.63) is 17.5 Å². The molecule has 0 radical (unpaired) electrons. The number of likely N-dealkylation sites (tertiary alicyclic amines) is 1. The predicted octanol–water partition coefficient (Wildman–Crippen LogP) is 1.37. The zero-order chi connectivity index (χ0) is 17.8. The Labute approximate surface area is 171 Å². The van der Waals surface area contributed by atoms with Crippen molar-refractivity contribution in [3.63, 3.8) is 0 Å². The average Bonchev–Trinajstić information content (AvgIpc) is 3.09. The second-order valence-electron chi connectivity index (χ2n) is 6.67. The number of hydrogen-bond donors (Lipinski definition) is 1. The van der Waals surface area contributed by atoms with Crippen LogP contribution >= 0.6 is 24.8 Å². The molecule has 1 N–H and O–H groups in total. The molecule has 0 saturated carbocycles. The molecule has 1 aromatic heterocycles. The second-order valence-corrected chi connectivity index (χ2v) is 6.67. The van der Waals surface area contributed by atoms with E-state index in [-0.39, 0.29) is 36.2 Å². The molecule has 2 aliphatic rings. The van der Waals surface area contributed by atoms with E-state index in [1.165, 1.54) is 33.1 Å². The van der Waals surface area contributed by atoms with Crippen molar-refractivity contribution < 1.29 is 19.1 Å². The lowest BCUT2D eigenvalue weighted by Crippen LogP contribution is -2.52. The fourth-order valence-electron chi connectivity index (χ4n) is 3.82. The number of ether oxygens (including phenoxy) is 2. The highest BCUT2D eigenvalue weighted by Crippen LogP contribution is 2.24. The molecular weight excluding hydrogens is 395 g/mol. The molecule has 0 unspecified atom stereocenters. The lowest BCUT2D eigenvalue weighted by molar-refractivity contribution is 0.0577. The minimum Gasteiger partial charge on any atom is -0.464 e. The van der Waals surface area contributed by atoms with Crippen LogP contribution in [0.15, 0.2) is 6.07 Å². The minimum atomic E-state index is -0.557. The number of fused-ring (bicyclic) bond motifs is 1. The summed E-state index contributed by atoms with van der Waals surface area (Å²) in [6.07, 6.45) is 3.67. The number of rotatable bonds is 5. The number of carbonyl (C=O) groups excluding carboxylic acids is 2. The number of carbonyl (C=O) groups is 2. The molecule has 0 aromatic carbocycles. The lowest BCUT2D eigenvalue weighted by Gasteiger charge is -2.41. The van der Waals surface area contributed by atoms with Gasteiger partial charge in [0.05, 0.1) is 20.8 Å². The third-order valence-electron chi connectivity index (χ3n) is 5.17. The first-order chi connectivity index (χ1) is 12.1. The Hall–Kier alpha value is -1.35. The van der Waals surface area contributed by atoms with Crippen LogP contribution in [-0.4, -0.2) is 73.1 Å². The third kappa shape index (κ3) is 5.57. The molecule has 1 aromatic rings. The van der Waals surface area contributed by atoms with Crippen molar-refractivity contribution in [2.45, 2.75) is 31.8 Å². The molecule has 27 heavy (non-hydrogen) atoms. The van der Waals surface area contributed by atoms with Gasteiger partial charge < -0.3 is 19.7 Å². The molecule has 2 fully saturated rings. The molecule has 0 spiro atoms. The maximum atomic E-state index is 11.9. The summed E-state index contributed by atoms with van der Waals surface area (Å²) in [5.74, 6) is -0.360. The molecule has 2 atom stereocenters. The molecule has 8 nitrogen and oxygen atoms in total. The van der Waals surface area contributed by atoms with E-state index >= 15 is 0 Å². The average molecular weight is 423 g/mol. The number of nitrogens with zero attached hydrogens (tertiary/aromatic N) is 3. The maximum absolute atomic E-state index is 11.9. The second kappa shape index (κ2) is 10.8. The summed E-state index contributed by atoms with van der Waals surface area (Å²) in [5, 5.41) is 7.83. The number of methoxy groups -OCH3 is 2. The molecule has 2 saturated heterocycles. The van der Waals surface area contributed by atoms with Crippen molar-refractivity contribution >= 4 is 36.8 Å². The number of hydrogen-bond acceptors (Lipinski definition) is 7. The van der Waals surface area contributed by atoms with Crippen LogP contribution in [0.25, 0.3) is 0 Å². The first kappa shape index (κ1) is 23.7. The van der Waals surface area contributed by atoms with Gasteiger partial charge in [0, 0.05) is 25.2 Å². The van der Waals surface area contributed by atoms with Crippen molar-refractivity contribution in [2.75, 3.05) is 40.4 Å². The monoisotopic (exact) mass is 422 g/mol. The Morgan fingerprint density at radius 1 is 1.19 bits per heavy atom. The smallest absolute Gasteiger partial charge is 0.358 e. The lowest BCUT2D eigenvalue weighted by atomic mass is 9.85. The van der Waals surface area contributed by atoms with E-state index in [0.29, 0.717) is 18.5 Å². The van der Waals surface area contributed by atoms with E-state index in [1.807, 2.05) is 0 Å². The van der Waals surface area contributed by atoms with Gasteiger partial charge in [-0.05, 0) is 38.3 Å². The molecule has 10 heteroatoms. The predicted molar refractivity (Wildman–Crippen MR) is 105 cm³/mol. The van der Waals surface area contributed by atoms with Gasteiger partial charge in [-0.3, -0.25) is 4.68 Å². The fourth-order valence-corrected chi connectivity index (χ4v) is 3.82. The molecule has 0 bridgehead atoms. The van der Waals surface area contributed by atoms with Crippen LogP contribution in [0.1, 0.15) is 40.2 Å². The quantitative estimate of drug-likeness (QED) is 0.716. The van der Waals surface area contributed by atoms with Gasteiger partial charge in [-0.25, -0.2) is 9.59 Å². The Morgan fingerprint density at radius 2 is 1.93 bits per heavy atom. The van der Waals surface area contributed by atoms with Gasteiger partial charge in [0.15, 0.2) is 5.69 Å². The summed E-state index contributed by atoms with van der Waals surface area (Å²) in [6.45, 7) is 4.55. The Bertz CT molecular complexity index is 640. The van der Waals surface area contributed by atoms with E-state index < -0.39 is 11.9 Å². The maximum Gasteiger partial charge on any atom is 0.358 e. The van der Waals surface area contributed by atoms with E-state index in [2.05, 4.69) is 20.1 Å². The SMILES string of the molecule is COC(=O)c1cc(C(=O)OC)n(CCN2CC[C@@H]3NCCC[C@@H]3C2)n1.Cl.Cl. The molecule has 0 amide bonds. The van der Waals surface area contributed by atoms with E-state index in [0.717, 1.165) is 32.6 Å². The topological polar surface area (TPSA) is 85.7 Å². The standard InChI is InChI=1S/C17H26N4O4.2ClH/c1-24-16(22)14-10-15(17(23)25-2)21(19-14)9-8-20-7-5-13-12(11-20)4-3-6-18-13;;/h10,12-13,18H,3-9,11H2,1-2H3;2*1H/t12-,13+;;/m1../s1. The number of aromatic nitrogens is 2. The highest BCUT2D eigenvalue weighted by Gasteiger charge is 2.31. The van der Waals surface area contributed by atoms with Gasteiger partial charge in [-0.15, -0.1) is 24.8 Å². The summed E-state index contributed by atoms with van der Waals surface area (Å²) in [7, 11) is 2.61. The van der Waals surface area contributed by atoms with E-state index in [4.69, 9.17) is 4.74 Å². The van der Waals surface area contributed by atoms with E-state index in [1.54, 1.807) is 4.68 Å². The zero-order valence-electron chi connectivity index (χ0n) is 15.7. The van der Waals surface area contributed by atoms with Crippen molar-refractivity contribution in [1.29, 1.82) is 0 Å². The van der Waals surface area contributed by atoms with Crippen LogP contribution in [0.5, 0.6) is 0 Å². The summed E-state index contributed by atoms with van der Waals surface area (Å²) < 4.78 is 11.0. The third-order valence-corrected chi connectivity index (χ3v) is 5.17. The number of piperidine rings is 2. The van der Waals surface area contributed by atoms with Crippen LogP contribution in [0.3, 0.4) is 0 Å². The van der Waals surface area contributed by atoms with Gasteiger partial charge in [0.1, 0.15) is 5.69 Å². The zero-order valence-corrected chi connectivity index (χ0v) is 17.3. The summed E-state index contributed by atoms with van der Waals surface area (Å²) in [4.78, 5) is 26.0. The summed E-state index contributed by atoms with van der Waals surface area (Å²) >= 11 is 0. The normalized spacial score (nSPS) is 22.0. The van der Waals surface area contributed by atoms with Gasteiger partial charge in [-0.2, -0.15) is 5.10 Å². The molecule has 0 aliphatic carbocycles. The van der Waals surface area contributed by atoms with E-state index in [9.17, 15) is 9.59 Å². The fraction of sp³-hybridized carbons (Fsp3) is 0.706. The molecule has 2 aliphatic heterocycles. The molecule has 154 valence electrons. The van der Waals surface area contributed by atoms with Gasteiger partial charge in [0.25, 0.3) is 0 Å². The Morgan fingerprint density at radius 3 is 2.63 bits per heavy atom. The van der Waals surface area contributed by atoms with Crippen LogP contribution in [0.4, 0.5) is 0 Å². The summed E-state index contributed by atoms with van der Waals surface area (Å²) in [6, 6.07) is 2.07. The highest BCUT2D eigenvalue weighted by atomic mass is 35.5. The van der Waals surface area contributed by atoms with Gasteiger partial charge in [0.2, 0.25) is 0 Å². The molecule has 3 rings (SSSR count). The van der Waals surface area contributed by atoms with Gasteiger partial charge in [-0.1, -0.05) is 0 Å². The van der Waals surface area contributed by atoms with Gasteiger partial charge >= 0.3 is 11.9 Å². The van der Waals surface area contributed by atoms with Crippen LogP contribution in [0.2, 0.25) is 0 Å². The van der Waals surface area contributed by atoms with Crippen LogP contribution in [-0.2, 0) is 16.0 Å². The Balaban J connectivity index is 0.00000182. The van der Waals surface area contributed by atoms with Crippen molar-refractivity contribution in [3.8, 4) is 0 Å². The number of nitrogens with one attached hydrogen (secondary N) is 1. The number of esters is 2. The number of halogens is 2. The molecular formula is C17H28Cl2N4O4. The Kier molecular flexibility index (Phi) is 9.52. The van der Waals surface area contributed by atoms with Crippen LogP contribution in [0, 0.1) is 5.92 Å². The summed E-state index contributed by atoms with van der Waals surface area (Å²) in [5.41, 5.74) is 0.398. The first-order valence-electron chi connectivity index (χ1n) is 8.82. The van der Waals surface area contributed by atoms with Crippen molar-refractivity contribution in [2.24, 2.45) is 5.92 Å². The minimum absolute atomic E-state index is 0. The molecule has 3 heterocycles. The largest absolute Gasteiger partial charge is 0.464 e.